The van der Waals surface area contributed by atoms with Crippen LogP contribution in [0.25, 0.3) is 0 Å². The van der Waals surface area contributed by atoms with Crippen molar-refractivity contribution in [2.75, 3.05) is 0 Å². The molecule has 0 bridgehead atoms. The van der Waals surface area contributed by atoms with Gasteiger partial charge in [0, 0.05) is 5.70 Å². The number of halogens is 1. The first-order valence-corrected chi connectivity index (χ1v) is 8.68. The van der Waals surface area contributed by atoms with Gasteiger partial charge in [0.05, 0.1) is 11.6 Å². The third-order valence-electron chi connectivity index (χ3n) is 4.83. The maximum absolute atomic E-state index is 13.6. The molecule has 5 nitrogen and oxygen atoms in total. The fourth-order valence-corrected chi connectivity index (χ4v) is 3.60. The van der Waals surface area contributed by atoms with E-state index in [4.69, 9.17) is 4.74 Å². The van der Waals surface area contributed by atoms with E-state index < -0.39 is 23.9 Å². The van der Waals surface area contributed by atoms with Gasteiger partial charge in [-0.25, -0.2) is 14.0 Å². The number of urea groups is 1. The van der Waals surface area contributed by atoms with Crippen molar-refractivity contribution in [1.82, 2.24) is 10.6 Å². The summed E-state index contributed by atoms with van der Waals surface area (Å²) in [5.41, 5.74) is 1.27. The number of rotatable bonds is 3. The maximum Gasteiger partial charge on any atom is 0.338 e. The molecule has 3 atom stereocenters. The van der Waals surface area contributed by atoms with Crippen molar-refractivity contribution in [3.05, 3.63) is 46.9 Å². The van der Waals surface area contributed by atoms with E-state index in [0.717, 1.165) is 25.7 Å². The molecule has 1 aromatic carbocycles. The predicted octanol–water partition coefficient (Wildman–Crippen LogP) is 3.58. The summed E-state index contributed by atoms with van der Waals surface area (Å²) in [4.78, 5) is 24.6. The zero-order valence-electron chi connectivity index (χ0n) is 14.5. The van der Waals surface area contributed by atoms with E-state index in [-0.39, 0.29) is 6.10 Å². The van der Waals surface area contributed by atoms with Crippen LogP contribution in [0.5, 0.6) is 0 Å². The van der Waals surface area contributed by atoms with Gasteiger partial charge in [-0.15, -0.1) is 0 Å². The predicted molar refractivity (Wildman–Crippen MR) is 91.0 cm³/mol. The Labute approximate surface area is 146 Å². The number of amides is 2. The highest BCUT2D eigenvalue weighted by Gasteiger charge is 2.34. The summed E-state index contributed by atoms with van der Waals surface area (Å²) >= 11 is 0. The van der Waals surface area contributed by atoms with Gasteiger partial charge in [-0.1, -0.05) is 25.5 Å². The molecule has 0 spiro atoms. The second-order valence-electron chi connectivity index (χ2n) is 6.92. The van der Waals surface area contributed by atoms with Crippen molar-refractivity contribution in [3.8, 4) is 0 Å². The molecular formula is C19H23FN2O3. The average Bonchev–Trinajstić information content (AvgIpc) is 2.54. The highest BCUT2D eigenvalue weighted by atomic mass is 19.1. The lowest BCUT2D eigenvalue weighted by molar-refractivity contribution is -0.146. The van der Waals surface area contributed by atoms with Gasteiger partial charge in [-0.3, -0.25) is 0 Å². The van der Waals surface area contributed by atoms with E-state index in [1.54, 1.807) is 19.1 Å². The Morgan fingerprint density at radius 3 is 2.84 bits per heavy atom. The maximum atomic E-state index is 13.6. The number of allylic oxidation sites excluding steroid dienone is 1. The van der Waals surface area contributed by atoms with Crippen LogP contribution in [0.3, 0.4) is 0 Å². The molecule has 2 N–H and O–H groups in total. The second-order valence-corrected chi connectivity index (χ2v) is 6.92. The van der Waals surface area contributed by atoms with Crippen LogP contribution in [0, 0.1) is 11.7 Å². The van der Waals surface area contributed by atoms with Crippen LogP contribution < -0.4 is 10.6 Å². The Hall–Kier alpha value is -2.37. The fraction of sp³-hybridized carbons (Fsp3) is 0.474. The largest absolute Gasteiger partial charge is 0.459 e. The summed E-state index contributed by atoms with van der Waals surface area (Å²) in [7, 11) is 0. The van der Waals surface area contributed by atoms with Crippen molar-refractivity contribution in [1.29, 1.82) is 0 Å². The monoisotopic (exact) mass is 346 g/mol. The number of carbonyl (C=O) groups excluding carboxylic acids is 2. The fourth-order valence-electron chi connectivity index (χ4n) is 3.60. The standard InChI is InChI=1S/C19H23FN2O3/c1-11-5-3-8-15(9-11)25-18(23)16-12(2)21-19(24)22-17(16)13-6-4-7-14(20)10-13/h4,6-7,10-11,15,17H,3,5,8-9H2,1-2H3,(H2,21,22,24)/t11-,15+,17+/m0/s1. The summed E-state index contributed by atoms with van der Waals surface area (Å²) in [6, 6.07) is 4.74. The van der Waals surface area contributed by atoms with Crippen LogP contribution in [0.15, 0.2) is 35.5 Å². The molecule has 0 aromatic heterocycles. The van der Waals surface area contributed by atoms with E-state index in [2.05, 4.69) is 17.6 Å². The van der Waals surface area contributed by atoms with Crippen LogP contribution >= 0.6 is 0 Å². The Bertz CT molecular complexity index is 716. The Morgan fingerprint density at radius 1 is 1.32 bits per heavy atom. The number of hydrogen-bond donors (Lipinski definition) is 2. The lowest BCUT2D eigenvalue weighted by atomic mass is 9.88. The average molecular weight is 346 g/mol. The summed E-state index contributed by atoms with van der Waals surface area (Å²) < 4.78 is 19.3. The minimum Gasteiger partial charge on any atom is -0.459 e. The van der Waals surface area contributed by atoms with Gasteiger partial charge in [-0.05, 0) is 49.8 Å². The van der Waals surface area contributed by atoms with Gasteiger partial charge >= 0.3 is 12.0 Å². The molecule has 2 amide bonds. The van der Waals surface area contributed by atoms with Gasteiger partial charge in [0.15, 0.2) is 0 Å². The van der Waals surface area contributed by atoms with E-state index in [9.17, 15) is 14.0 Å². The lowest BCUT2D eigenvalue weighted by Crippen LogP contribution is -2.45. The van der Waals surface area contributed by atoms with Crippen LogP contribution in [0.2, 0.25) is 0 Å². The Balaban J connectivity index is 1.85. The molecular weight excluding hydrogens is 323 g/mol. The van der Waals surface area contributed by atoms with Crippen LogP contribution in [0.4, 0.5) is 9.18 Å². The van der Waals surface area contributed by atoms with Gasteiger partial charge in [0.1, 0.15) is 11.9 Å². The zero-order valence-corrected chi connectivity index (χ0v) is 14.5. The first kappa shape index (κ1) is 17.5. The SMILES string of the molecule is CC1=C(C(=O)O[C@@H]2CCC[C@H](C)C2)[C@@H](c2cccc(F)c2)NC(=O)N1. The van der Waals surface area contributed by atoms with Crippen molar-refractivity contribution in [2.45, 2.75) is 51.7 Å². The third-order valence-corrected chi connectivity index (χ3v) is 4.83. The highest BCUT2D eigenvalue weighted by Crippen LogP contribution is 2.31. The molecule has 1 saturated carbocycles. The quantitative estimate of drug-likeness (QED) is 0.822. The Morgan fingerprint density at radius 2 is 2.12 bits per heavy atom. The van der Waals surface area contributed by atoms with Gasteiger partial charge < -0.3 is 15.4 Å². The molecule has 1 aromatic rings. The molecule has 0 unspecified atom stereocenters. The number of carbonyl (C=O) groups is 2. The smallest absolute Gasteiger partial charge is 0.338 e. The van der Waals surface area contributed by atoms with Crippen LogP contribution in [-0.4, -0.2) is 18.1 Å². The normalized spacial score (nSPS) is 26.7. The Kier molecular flexibility index (Phi) is 5.06. The van der Waals surface area contributed by atoms with Crippen LogP contribution in [-0.2, 0) is 9.53 Å². The summed E-state index contributed by atoms with van der Waals surface area (Å²) in [6.45, 7) is 3.81. The van der Waals surface area contributed by atoms with Crippen molar-refractivity contribution >= 4 is 12.0 Å². The highest BCUT2D eigenvalue weighted by molar-refractivity contribution is 5.95. The zero-order chi connectivity index (χ0) is 18.0. The minimum absolute atomic E-state index is 0.109. The molecule has 1 aliphatic carbocycles. The molecule has 0 radical (unpaired) electrons. The molecule has 6 heteroatoms. The lowest BCUT2D eigenvalue weighted by Gasteiger charge is -2.31. The molecule has 1 fully saturated rings. The summed E-state index contributed by atoms with van der Waals surface area (Å²) in [6.07, 6.45) is 3.79. The van der Waals surface area contributed by atoms with Crippen molar-refractivity contribution in [2.24, 2.45) is 5.92 Å². The number of ether oxygens (including phenoxy) is 1. The van der Waals surface area contributed by atoms with E-state index >= 15 is 0 Å². The number of esters is 1. The van der Waals surface area contributed by atoms with E-state index in [1.807, 2.05) is 0 Å². The number of hydrogen-bond acceptors (Lipinski definition) is 3. The first-order chi connectivity index (χ1) is 11.9. The van der Waals surface area contributed by atoms with Crippen molar-refractivity contribution < 1.29 is 18.7 Å². The summed E-state index contributed by atoms with van der Waals surface area (Å²) in [5.74, 6) is -0.347. The van der Waals surface area contributed by atoms with Crippen molar-refractivity contribution in [3.63, 3.8) is 0 Å². The third kappa shape index (κ3) is 4.00. The number of benzene rings is 1. The molecule has 2 aliphatic rings. The molecule has 134 valence electrons. The first-order valence-electron chi connectivity index (χ1n) is 8.68. The second kappa shape index (κ2) is 7.25. The molecule has 25 heavy (non-hydrogen) atoms. The summed E-state index contributed by atoms with van der Waals surface area (Å²) in [5, 5.41) is 5.30. The van der Waals surface area contributed by atoms with Crippen LogP contribution in [0.1, 0.15) is 51.1 Å². The van der Waals surface area contributed by atoms with Gasteiger partial charge in [-0.2, -0.15) is 0 Å². The molecule has 3 rings (SSSR count). The number of nitrogens with one attached hydrogen (secondary N) is 2. The molecule has 0 saturated heterocycles. The molecule has 1 heterocycles. The van der Waals surface area contributed by atoms with Gasteiger partial charge in [0.25, 0.3) is 0 Å². The minimum atomic E-state index is -0.724. The van der Waals surface area contributed by atoms with Gasteiger partial charge in [0.2, 0.25) is 0 Å². The molecule has 1 aliphatic heterocycles. The van der Waals surface area contributed by atoms with E-state index in [1.165, 1.54) is 12.1 Å². The topological polar surface area (TPSA) is 67.4 Å². The van der Waals surface area contributed by atoms with E-state index in [0.29, 0.717) is 22.8 Å².